The second kappa shape index (κ2) is 5.20. The van der Waals surface area contributed by atoms with Gasteiger partial charge in [-0.05, 0) is 31.0 Å². The van der Waals surface area contributed by atoms with E-state index in [-0.39, 0.29) is 11.8 Å². The van der Waals surface area contributed by atoms with Crippen LogP contribution >= 0.6 is 11.3 Å². The highest BCUT2D eigenvalue weighted by Gasteiger charge is 2.27. The Balaban J connectivity index is 1.74. The average molecular weight is 290 g/mol. The molecule has 1 N–H and O–H groups in total. The van der Waals surface area contributed by atoms with Crippen LogP contribution in [0.3, 0.4) is 0 Å². The van der Waals surface area contributed by atoms with Crippen LogP contribution in [0.25, 0.3) is 10.2 Å². The number of hydrogen-bond acceptors (Lipinski definition) is 4. The third-order valence-corrected chi connectivity index (χ3v) is 4.50. The van der Waals surface area contributed by atoms with Crippen molar-refractivity contribution in [2.75, 3.05) is 13.1 Å². The third kappa shape index (κ3) is 2.38. The Labute approximate surface area is 119 Å². The molecule has 1 aliphatic heterocycles. The van der Waals surface area contributed by atoms with Crippen molar-refractivity contribution < 1.29 is 14.7 Å². The molecule has 1 fully saturated rings. The van der Waals surface area contributed by atoms with Crippen molar-refractivity contribution in [1.82, 2.24) is 9.88 Å². The summed E-state index contributed by atoms with van der Waals surface area (Å²) in [4.78, 5) is 29.2. The molecule has 0 radical (unpaired) electrons. The summed E-state index contributed by atoms with van der Waals surface area (Å²) in [6, 6.07) is 5.50. The Morgan fingerprint density at radius 3 is 2.75 bits per heavy atom. The Hall–Kier alpha value is -1.95. The molecular weight excluding hydrogens is 276 g/mol. The van der Waals surface area contributed by atoms with E-state index in [9.17, 15) is 9.59 Å². The van der Waals surface area contributed by atoms with Crippen LogP contribution in [-0.4, -0.2) is 40.0 Å². The monoisotopic (exact) mass is 290 g/mol. The van der Waals surface area contributed by atoms with E-state index in [4.69, 9.17) is 5.11 Å². The molecule has 1 amide bonds. The SMILES string of the molecule is O=C(O)C1CCN(C(=O)c2ccc3ncsc3c2)CC1. The fourth-order valence-corrected chi connectivity index (χ4v) is 3.22. The number of thiazole rings is 1. The van der Waals surface area contributed by atoms with Crippen molar-refractivity contribution >= 4 is 33.4 Å². The molecule has 1 aromatic carbocycles. The summed E-state index contributed by atoms with van der Waals surface area (Å²) in [6.45, 7) is 1.02. The molecule has 1 saturated heterocycles. The lowest BCUT2D eigenvalue weighted by atomic mass is 9.96. The molecule has 6 heteroatoms. The lowest BCUT2D eigenvalue weighted by molar-refractivity contribution is -0.143. The molecule has 0 saturated carbocycles. The van der Waals surface area contributed by atoms with E-state index < -0.39 is 5.97 Å². The average Bonchev–Trinajstić information content (AvgIpc) is 2.94. The summed E-state index contributed by atoms with van der Waals surface area (Å²) < 4.78 is 0.997. The first-order valence-corrected chi connectivity index (χ1v) is 7.38. The van der Waals surface area contributed by atoms with Gasteiger partial charge in [0.15, 0.2) is 0 Å². The number of hydrogen-bond donors (Lipinski definition) is 1. The Morgan fingerprint density at radius 2 is 2.05 bits per heavy atom. The number of aliphatic carboxylic acids is 1. The number of benzene rings is 1. The number of likely N-dealkylation sites (tertiary alicyclic amines) is 1. The van der Waals surface area contributed by atoms with Crippen molar-refractivity contribution in [3.05, 3.63) is 29.3 Å². The van der Waals surface area contributed by atoms with Crippen LogP contribution in [0.2, 0.25) is 0 Å². The maximum absolute atomic E-state index is 12.4. The fraction of sp³-hybridized carbons (Fsp3) is 0.357. The van der Waals surface area contributed by atoms with E-state index >= 15 is 0 Å². The maximum atomic E-state index is 12.4. The van der Waals surface area contributed by atoms with Crippen LogP contribution in [0.4, 0.5) is 0 Å². The molecule has 20 heavy (non-hydrogen) atoms. The fourth-order valence-electron chi connectivity index (χ4n) is 2.50. The number of nitrogens with zero attached hydrogens (tertiary/aromatic N) is 2. The van der Waals surface area contributed by atoms with Gasteiger partial charge in [0.2, 0.25) is 0 Å². The Bertz CT molecular complexity index is 659. The molecule has 3 rings (SSSR count). The van der Waals surface area contributed by atoms with E-state index in [1.807, 2.05) is 12.1 Å². The van der Waals surface area contributed by atoms with Crippen LogP contribution in [0, 0.1) is 5.92 Å². The number of rotatable bonds is 2. The predicted octanol–water partition coefficient (Wildman–Crippen LogP) is 2.23. The minimum atomic E-state index is -0.761. The summed E-state index contributed by atoms with van der Waals surface area (Å²) in [5.41, 5.74) is 3.31. The van der Waals surface area contributed by atoms with Gasteiger partial charge in [-0.15, -0.1) is 11.3 Å². The molecule has 0 atom stereocenters. The summed E-state index contributed by atoms with van der Waals surface area (Å²) in [5.74, 6) is -1.10. The van der Waals surface area contributed by atoms with Crippen LogP contribution < -0.4 is 0 Å². The van der Waals surface area contributed by atoms with Crippen molar-refractivity contribution in [2.24, 2.45) is 5.92 Å². The first-order valence-electron chi connectivity index (χ1n) is 6.50. The first-order chi connectivity index (χ1) is 9.65. The van der Waals surface area contributed by atoms with Crippen LogP contribution in [-0.2, 0) is 4.79 Å². The van der Waals surface area contributed by atoms with Gasteiger partial charge in [0, 0.05) is 18.7 Å². The molecule has 0 aliphatic carbocycles. The molecule has 0 bridgehead atoms. The lowest BCUT2D eigenvalue weighted by Gasteiger charge is -2.30. The first kappa shape index (κ1) is 13.1. The van der Waals surface area contributed by atoms with Gasteiger partial charge in [0.25, 0.3) is 5.91 Å². The maximum Gasteiger partial charge on any atom is 0.306 e. The van der Waals surface area contributed by atoms with Crippen molar-refractivity contribution in [1.29, 1.82) is 0 Å². The predicted molar refractivity (Wildman–Crippen MR) is 75.9 cm³/mol. The standard InChI is InChI=1S/C14H14N2O3S/c17-13(16-5-3-9(4-6-16)14(18)19)10-1-2-11-12(7-10)20-8-15-11/h1-2,7-9H,3-6H2,(H,18,19). The number of amides is 1. The number of carbonyl (C=O) groups excluding carboxylic acids is 1. The molecule has 0 unspecified atom stereocenters. The quantitative estimate of drug-likeness (QED) is 0.920. The van der Waals surface area contributed by atoms with Crippen LogP contribution in [0.5, 0.6) is 0 Å². The topological polar surface area (TPSA) is 70.5 Å². The zero-order valence-electron chi connectivity index (χ0n) is 10.8. The Morgan fingerprint density at radius 1 is 1.30 bits per heavy atom. The second-order valence-electron chi connectivity index (χ2n) is 4.94. The van der Waals surface area contributed by atoms with Gasteiger partial charge < -0.3 is 10.0 Å². The largest absolute Gasteiger partial charge is 0.481 e. The van der Waals surface area contributed by atoms with E-state index in [2.05, 4.69) is 4.98 Å². The number of carboxylic acids is 1. The molecule has 1 aromatic heterocycles. The number of carbonyl (C=O) groups is 2. The number of aromatic nitrogens is 1. The van der Waals surface area contributed by atoms with Gasteiger partial charge in [-0.3, -0.25) is 9.59 Å². The third-order valence-electron chi connectivity index (χ3n) is 3.71. The minimum absolute atomic E-state index is 0.0239. The molecule has 1 aliphatic rings. The summed E-state index contributed by atoms with van der Waals surface area (Å²) in [5, 5.41) is 8.97. The highest BCUT2D eigenvalue weighted by molar-refractivity contribution is 7.16. The normalized spacial score (nSPS) is 16.5. The molecule has 2 heterocycles. The van der Waals surface area contributed by atoms with E-state index in [0.29, 0.717) is 31.5 Å². The second-order valence-corrected chi connectivity index (χ2v) is 5.83. The summed E-state index contributed by atoms with van der Waals surface area (Å²) in [7, 11) is 0. The zero-order chi connectivity index (χ0) is 14.1. The van der Waals surface area contributed by atoms with E-state index in [1.165, 1.54) is 11.3 Å². The molecule has 104 valence electrons. The smallest absolute Gasteiger partial charge is 0.306 e. The summed E-state index contributed by atoms with van der Waals surface area (Å²) >= 11 is 1.51. The van der Waals surface area contributed by atoms with Gasteiger partial charge >= 0.3 is 5.97 Å². The highest BCUT2D eigenvalue weighted by atomic mass is 32.1. The highest BCUT2D eigenvalue weighted by Crippen LogP contribution is 2.22. The van der Waals surface area contributed by atoms with Gasteiger partial charge in [-0.2, -0.15) is 0 Å². The minimum Gasteiger partial charge on any atom is -0.481 e. The van der Waals surface area contributed by atoms with Gasteiger partial charge in [0.1, 0.15) is 0 Å². The van der Waals surface area contributed by atoms with Gasteiger partial charge in [0.05, 0.1) is 21.6 Å². The van der Waals surface area contributed by atoms with E-state index in [1.54, 1.807) is 16.5 Å². The number of carboxylic acid groups (broad SMARTS) is 1. The summed E-state index contributed by atoms with van der Waals surface area (Å²) in [6.07, 6.45) is 1.06. The van der Waals surface area contributed by atoms with Crippen LogP contribution in [0.1, 0.15) is 23.2 Å². The molecule has 2 aromatic rings. The Kier molecular flexibility index (Phi) is 3.40. The molecular formula is C14H14N2O3S. The van der Waals surface area contributed by atoms with Crippen molar-refractivity contribution in [2.45, 2.75) is 12.8 Å². The van der Waals surface area contributed by atoms with Gasteiger partial charge in [-0.1, -0.05) is 0 Å². The van der Waals surface area contributed by atoms with Gasteiger partial charge in [-0.25, -0.2) is 4.98 Å². The molecule has 5 nitrogen and oxygen atoms in total. The van der Waals surface area contributed by atoms with Crippen LogP contribution in [0.15, 0.2) is 23.7 Å². The molecule has 0 spiro atoms. The van der Waals surface area contributed by atoms with E-state index in [0.717, 1.165) is 10.2 Å². The van der Waals surface area contributed by atoms with Crippen molar-refractivity contribution in [3.63, 3.8) is 0 Å². The lowest BCUT2D eigenvalue weighted by Crippen LogP contribution is -2.40. The zero-order valence-corrected chi connectivity index (χ0v) is 11.6. The number of piperidine rings is 1. The van der Waals surface area contributed by atoms with Crippen molar-refractivity contribution in [3.8, 4) is 0 Å². The number of fused-ring (bicyclic) bond motifs is 1.